The number of amides is 1. The van der Waals surface area contributed by atoms with Crippen LogP contribution in [0.3, 0.4) is 0 Å². The number of benzene rings is 1. The molecular weight excluding hydrogens is 220 g/mol. The van der Waals surface area contributed by atoms with Crippen molar-refractivity contribution in [1.29, 1.82) is 0 Å². The van der Waals surface area contributed by atoms with Crippen LogP contribution in [0.25, 0.3) is 0 Å². The fraction of sp³-hybridized carbons (Fsp3) is 0.417. The highest BCUT2D eigenvalue weighted by Gasteiger charge is 2.21. The summed E-state index contributed by atoms with van der Waals surface area (Å²) >= 11 is 0. The number of nitrogens with zero attached hydrogens (tertiary/aromatic N) is 2. The Hall–Kier alpha value is -1.91. The molecule has 1 aromatic carbocycles. The highest BCUT2D eigenvalue weighted by atomic mass is 16.6. The summed E-state index contributed by atoms with van der Waals surface area (Å²) in [6, 6.07) is 9.39. The van der Waals surface area contributed by atoms with E-state index in [4.69, 9.17) is 0 Å². The lowest BCUT2D eigenvalue weighted by atomic mass is 10.2. The molecule has 0 saturated heterocycles. The summed E-state index contributed by atoms with van der Waals surface area (Å²) in [5.74, 6) is -0.450. The number of hydrogen-bond acceptors (Lipinski definition) is 3. The second kappa shape index (κ2) is 5.98. The first-order chi connectivity index (χ1) is 8.00. The standard InChI is InChI=1S/C12H16N2O3/c1-10(2)13(12(15)9-14(16)17)8-11-6-4-3-5-7-11/h3-7,10H,8-9H2,1-2H3. The van der Waals surface area contributed by atoms with Crippen LogP contribution in [0, 0.1) is 10.1 Å². The van der Waals surface area contributed by atoms with Crippen LogP contribution >= 0.6 is 0 Å². The van der Waals surface area contributed by atoms with Gasteiger partial charge in [-0.05, 0) is 19.4 Å². The van der Waals surface area contributed by atoms with Crippen LogP contribution in [0.4, 0.5) is 0 Å². The number of carbonyl (C=O) groups is 1. The van der Waals surface area contributed by atoms with Gasteiger partial charge in [0.1, 0.15) is 0 Å². The molecule has 0 aliphatic carbocycles. The lowest BCUT2D eigenvalue weighted by Gasteiger charge is -2.25. The topological polar surface area (TPSA) is 63.5 Å². The van der Waals surface area contributed by atoms with Crippen molar-refractivity contribution >= 4 is 5.91 Å². The van der Waals surface area contributed by atoms with E-state index >= 15 is 0 Å². The average molecular weight is 236 g/mol. The molecule has 1 aromatic rings. The monoisotopic (exact) mass is 236 g/mol. The Kier molecular flexibility index (Phi) is 4.63. The van der Waals surface area contributed by atoms with E-state index in [-0.39, 0.29) is 6.04 Å². The number of rotatable bonds is 5. The molecule has 0 bridgehead atoms. The molecule has 0 atom stereocenters. The SMILES string of the molecule is CC(C)N(Cc1ccccc1)C(=O)C[N+](=O)[O-]. The van der Waals surface area contributed by atoms with E-state index in [9.17, 15) is 14.9 Å². The van der Waals surface area contributed by atoms with Gasteiger partial charge in [-0.1, -0.05) is 30.3 Å². The fourth-order valence-electron chi connectivity index (χ4n) is 1.54. The van der Waals surface area contributed by atoms with Gasteiger partial charge in [0.25, 0.3) is 12.5 Å². The van der Waals surface area contributed by atoms with Crippen molar-refractivity contribution in [2.45, 2.75) is 26.4 Å². The van der Waals surface area contributed by atoms with Crippen molar-refractivity contribution < 1.29 is 9.72 Å². The minimum Gasteiger partial charge on any atom is -0.330 e. The lowest BCUT2D eigenvalue weighted by Crippen LogP contribution is -2.39. The van der Waals surface area contributed by atoms with Crippen molar-refractivity contribution in [3.8, 4) is 0 Å². The third-order valence-electron chi connectivity index (χ3n) is 2.40. The molecule has 0 radical (unpaired) electrons. The third kappa shape index (κ3) is 4.22. The minimum atomic E-state index is -0.648. The normalized spacial score (nSPS) is 10.3. The first-order valence-corrected chi connectivity index (χ1v) is 5.46. The highest BCUT2D eigenvalue weighted by Crippen LogP contribution is 2.08. The summed E-state index contributed by atoms with van der Waals surface area (Å²) in [6.07, 6.45) is 0. The first kappa shape index (κ1) is 13.2. The predicted octanol–water partition coefficient (Wildman–Crippen LogP) is 1.70. The second-order valence-electron chi connectivity index (χ2n) is 4.09. The maximum Gasteiger partial charge on any atom is 0.294 e. The molecule has 0 heterocycles. The van der Waals surface area contributed by atoms with E-state index in [0.29, 0.717) is 6.54 Å². The Morgan fingerprint density at radius 2 is 1.94 bits per heavy atom. The van der Waals surface area contributed by atoms with Gasteiger partial charge in [0.15, 0.2) is 0 Å². The zero-order valence-corrected chi connectivity index (χ0v) is 10.00. The zero-order valence-electron chi connectivity index (χ0n) is 10.00. The second-order valence-corrected chi connectivity index (χ2v) is 4.09. The van der Waals surface area contributed by atoms with Crippen molar-refractivity contribution in [2.75, 3.05) is 6.54 Å². The van der Waals surface area contributed by atoms with Crippen molar-refractivity contribution in [3.63, 3.8) is 0 Å². The maximum atomic E-state index is 11.7. The van der Waals surface area contributed by atoms with Gasteiger partial charge in [0, 0.05) is 17.5 Å². The Morgan fingerprint density at radius 1 is 1.35 bits per heavy atom. The predicted molar refractivity (Wildman–Crippen MR) is 64.0 cm³/mol. The molecular formula is C12H16N2O3. The lowest BCUT2D eigenvalue weighted by molar-refractivity contribution is -0.469. The molecule has 1 amide bonds. The summed E-state index contributed by atoms with van der Waals surface area (Å²) in [5.41, 5.74) is 0.970. The summed E-state index contributed by atoms with van der Waals surface area (Å²) in [7, 11) is 0. The molecule has 0 aliphatic heterocycles. The van der Waals surface area contributed by atoms with Gasteiger partial charge >= 0.3 is 0 Å². The smallest absolute Gasteiger partial charge is 0.294 e. The van der Waals surface area contributed by atoms with Gasteiger partial charge in [0.05, 0.1) is 0 Å². The van der Waals surface area contributed by atoms with E-state index < -0.39 is 17.4 Å². The Morgan fingerprint density at radius 3 is 2.41 bits per heavy atom. The Balaban J connectivity index is 2.73. The van der Waals surface area contributed by atoms with Crippen LogP contribution in [0.15, 0.2) is 30.3 Å². The van der Waals surface area contributed by atoms with Crippen molar-refractivity contribution in [2.24, 2.45) is 0 Å². The minimum absolute atomic E-state index is 0.0531. The van der Waals surface area contributed by atoms with Crippen LogP contribution < -0.4 is 0 Å². The van der Waals surface area contributed by atoms with Gasteiger partial charge in [-0.3, -0.25) is 14.9 Å². The highest BCUT2D eigenvalue weighted by molar-refractivity contribution is 5.77. The van der Waals surface area contributed by atoms with Crippen LogP contribution in [-0.4, -0.2) is 28.3 Å². The molecule has 92 valence electrons. The molecule has 0 fully saturated rings. The molecule has 0 N–H and O–H groups in total. The van der Waals surface area contributed by atoms with E-state index in [0.717, 1.165) is 5.56 Å². The van der Waals surface area contributed by atoms with Crippen molar-refractivity contribution in [1.82, 2.24) is 4.90 Å². The van der Waals surface area contributed by atoms with Gasteiger partial charge in [0.2, 0.25) is 0 Å². The molecule has 0 unspecified atom stereocenters. The third-order valence-corrected chi connectivity index (χ3v) is 2.40. The number of hydrogen-bond donors (Lipinski definition) is 0. The van der Waals surface area contributed by atoms with E-state index in [1.54, 1.807) is 0 Å². The zero-order chi connectivity index (χ0) is 12.8. The molecule has 0 saturated carbocycles. The summed E-state index contributed by atoms with van der Waals surface area (Å²) in [5, 5.41) is 10.3. The molecule has 0 aliphatic rings. The van der Waals surface area contributed by atoms with E-state index in [1.165, 1.54) is 4.90 Å². The molecule has 1 rings (SSSR count). The fourth-order valence-corrected chi connectivity index (χ4v) is 1.54. The van der Waals surface area contributed by atoms with Gasteiger partial charge in [-0.2, -0.15) is 0 Å². The molecule has 5 heteroatoms. The maximum absolute atomic E-state index is 11.7. The van der Waals surface area contributed by atoms with Crippen LogP contribution in [0.2, 0.25) is 0 Å². The van der Waals surface area contributed by atoms with Gasteiger partial charge < -0.3 is 4.90 Å². The summed E-state index contributed by atoms with van der Waals surface area (Å²) < 4.78 is 0. The number of nitro groups is 1. The molecule has 0 spiro atoms. The van der Waals surface area contributed by atoms with Gasteiger partial charge in [-0.25, -0.2) is 0 Å². The number of carbonyl (C=O) groups excluding carboxylic acids is 1. The average Bonchev–Trinajstić information content (AvgIpc) is 2.25. The molecule has 0 aromatic heterocycles. The summed E-state index contributed by atoms with van der Waals surface area (Å²) in [4.78, 5) is 22.9. The van der Waals surface area contributed by atoms with E-state index in [2.05, 4.69) is 0 Å². The van der Waals surface area contributed by atoms with Crippen LogP contribution in [0.1, 0.15) is 19.4 Å². The van der Waals surface area contributed by atoms with Gasteiger partial charge in [-0.15, -0.1) is 0 Å². The largest absolute Gasteiger partial charge is 0.330 e. The Bertz CT molecular complexity index is 390. The van der Waals surface area contributed by atoms with Crippen LogP contribution in [0.5, 0.6) is 0 Å². The van der Waals surface area contributed by atoms with Crippen molar-refractivity contribution in [3.05, 3.63) is 46.0 Å². The van der Waals surface area contributed by atoms with Crippen LogP contribution in [-0.2, 0) is 11.3 Å². The molecule has 17 heavy (non-hydrogen) atoms. The van der Waals surface area contributed by atoms with E-state index in [1.807, 2.05) is 44.2 Å². The Labute approximate surface area is 100 Å². The quantitative estimate of drug-likeness (QED) is 0.577. The molecule has 5 nitrogen and oxygen atoms in total. The first-order valence-electron chi connectivity index (χ1n) is 5.46. The summed E-state index contributed by atoms with van der Waals surface area (Å²) in [6.45, 7) is 3.46.